The molecule has 0 aromatic carbocycles. The Morgan fingerprint density at radius 2 is 0.684 bits per heavy atom. The number of hydrogen-bond donors (Lipinski definition) is 0. The van der Waals surface area contributed by atoms with Gasteiger partial charge in [0.15, 0.2) is 18.6 Å². The minimum absolute atomic E-state index is 0.387. The summed E-state index contributed by atoms with van der Waals surface area (Å²) >= 11 is 0. The number of ether oxygens (including phenoxy) is 8. The average molecular weight is 857 g/mol. The van der Waals surface area contributed by atoms with Crippen LogP contribution in [0.4, 0.5) is 52.7 Å². The van der Waals surface area contributed by atoms with Crippen LogP contribution >= 0.6 is 0 Å². The van der Waals surface area contributed by atoms with E-state index in [9.17, 15) is 54.3 Å². The van der Waals surface area contributed by atoms with E-state index in [0.717, 1.165) is 27.7 Å². The molecule has 0 bridgehead atoms. The van der Waals surface area contributed by atoms with Crippen LogP contribution in [-0.2, 0) is 57.1 Å². The first-order valence-corrected chi connectivity index (χ1v) is 15.8. The largest absolute Gasteiger partial charge is 0.462 e. The van der Waals surface area contributed by atoms with Gasteiger partial charge in [0.2, 0.25) is 0 Å². The molecule has 0 heterocycles. The number of rotatable bonds is 28. The highest BCUT2D eigenvalue weighted by Crippen LogP contribution is 2.54. The first-order chi connectivity index (χ1) is 25.6. The lowest BCUT2D eigenvalue weighted by molar-refractivity contribution is -0.497. The lowest BCUT2D eigenvalue weighted by atomic mass is 9.86. The number of halogens is 12. The SMILES string of the molecule is C=C(C)C(=O)OCCC(F)(F)OC(F)(F)C(COCC(F)(F)COC(=O)C(=C)C)(COCC(F)(F)COC(=O)C(=C)C)C(F)(F)OC(F)(F)CCOC(=O)C(=C)C. The molecule has 328 valence electrons. The second-order valence-corrected chi connectivity index (χ2v) is 12.3. The lowest BCUT2D eigenvalue weighted by Crippen LogP contribution is -2.64. The molecule has 0 unspecified atom stereocenters. The Morgan fingerprint density at radius 1 is 0.421 bits per heavy atom. The number of esters is 4. The number of carbonyl (C=O) groups excluding carboxylic acids is 4. The van der Waals surface area contributed by atoms with Crippen molar-refractivity contribution in [2.75, 3.05) is 52.9 Å². The monoisotopic (exact) mass is 856 g/mol. The summed E-state index contributed by atoms with van der Waals surface area (Å²) < 4.78 is 213. The summed E-state index contributed by atoms with van der Waals surface area (Å²) in [6.07, 6.45) is -27.8. The first-order valence-electron chi connectivity index (χ1n) is 15.8. The fourth-order valence-corrected chi connectivity index (χ4v) is 3.41. The van der Waals surface area contributed by atoms with Gasteiger partial charge in [0.1, 0.15) is 13.2 Å². The third-order valence-corrected chi connectivity index (χ3v) is 6.47. The zero-order valence-electron chi connectivity index (χ0n) is 30.8. The first kappa shape index (κ1) is 52.8. The second-order valence-electron chi connectivity index (χ2n) is 12.3. The molecule has 0 saturated carbocycles. The highest BCUT2D eigenvalue weighted by atomic mass is 19.3. The zero-order chi connectivity index (χ0) is 44.8. The Hall–Kier alpha value is -4.16. The average Bonchev–Trinajstić information content (AvgIpc) is 3.03. The molecule has 0 spiro atoms. The van der Waals surface area contributed by atoms with Crippen LogP contribution in [0.5, 0.6) is 0 Å². The molecule has 0 aliphatic heterocycles. The molecule has 0 radical (unpaired) electrons. The minimum atomic E-state index is -6.41. The molecule has 0 aliphatic rings. The van der Waals surface area contributed by atoms with E-state index in [1.165, 1.54) is 0 Å². The van der Waals surface area contributed by atoms with Crippen LogP contribution in [0.1, 0.15) is 40.5 Å². The second kappa shape index (κ2) is 21.0. The van der Waals surface area contributed by atoms with Crippen molar-refractivity contribution >= 4 is 23.9 Å². The molecule has 0 N–H and O–H groups in total. The van der Waals surface area contributed by atoms with E-state index in [0.29, 0.717) is 0 Å². The summed E-state index contributed by atoms with van der Waals surface area (Å²) in [7, 11) is 0. The molecule has 0 rings (SSSR count). The van der Waals surface area contributed by atoms with Gasteiger partial charge in [0.05, 0.1) is 39.3 Å². The highest BCUT2D eigenvalue weighted by Gasteiger charge is 2.75. The van der Waals surface area contributed by atoms with Crippen LogP contribution < -0.4 is 0 Å². The maximum atomic E-state index is 16.0. The molecule has 24 heteroatoms. The standard InChI is InChI=1S/C33H40F12O12/c1-19(2)23(46)52-11-9-30(38,39)56-32(42,43)27(13-50-15-28(34,35)17-54-25(48)21(5)6,14-51-16-29(36,37)18-55-26(49)22(7)8)33(44,45)57-31(40,41)10-12-53-24(47)20(3)4/h1,3,5,7,9-18H2,2,4,6,8H3. The summed E-state index contributed by atoms with van der Waals surface area (Å²) in [5, 5.41) is 0. The molecule has 0 aliphatic carbocycles. The highest BCUT2D eigenvalue weighted by molar-refractivity contribution is 5.88. The van der Waals surface area contributed by atoms with Crippen molar-refractivity contribution < 1.29 is 110 Å². The van der Waals surface area contributed by atoms with Gasteiger partial charge in [0, 0.05) is 22.3 Å². The summed E-state index contributed by atoms with van der Waals surface area (Å²) in [6, 6.07) is 0. The van der Waals surface area contributed by atoms with E-state index < -0.39 is 142 Å². The predicted molar refractivity (Wildman–Crippen MR) is 168 cm³/mol. The van der Waals surface area contributed by atoms with Gasteiger partial charge in [-0.2, -0.15) is 35.1 Å². The lowest BCUT2D eigenvalue weighted by Gasteiger charge is -2.44. The Morgan fingerprint density at radius 3 is 0.947 bits per heavy atom. The van der Waals surface area contributed by atoms with Crippen LogP contribution in [0.3, 0.4) is 0 Å². The van der Waals surface area contributed by atoms with Crippen LogP contribution in [0.25, 0.3) is 0 Å². The number of carbonyl (C=O) groups is 4. The Bertz CT molecular complexity index is 1370. The van der Waals surface area contributed by atoms with Crippen molar-refractivity contribution in [1.29, 1.82) is 0 Å². The van der Waals surface area contributed by atoms with E-state index in [1.54, 1.807) is 0 Å². The van der Waals surface area contributed by atoms with Gasteiger partial charge < -0.3 is 28.4 Å². The maximum absolute atomic E-state index is 16.0. The molecule has 0 amide bonds. The Kier molecular flexibility index (Phi) is 19.5. The fraction of sp³-hybridized carbons (Fsp3) is 0.636. The molecular formula is C33H40F12O12. The van der Waals surface area contributed by atoms with E-state index in [2.05, 4.69) is 64.2 Å². The van der Waals surface area contributed by atoms with Crippen molar-refractivity contribution in [2.24, 2.45) is 5.41 Å². The third-order valence-electron chi connectivity index (χ3n) is 6.47. The predicted octanol–water partition coefficient (Wildman–Crippen LogP) is 6.94. The smallest absolute Gasteiger partial charge is 0.378 e. The maximum Gasteiger partial charge on any atom is 0.378 e. The molecule has 0 aromatic heterocycles. The van der Waals surface area contributed by atoms with E-state index in [4.69, 9.17) is 0 Å². The topological polar surface area (TPSA) is 142 Å². The van der Waals surface area contributed by atoms with Gasteiger partial charge in [-0.3, -0.25) is 9.47 Å². The molecule has 0 aromatic rings. The number of hydrogen-bond acceptors (Lipinski definition) is 12. The molecule has 57 heavy (non-hydrogen) atoms. The molecule has 0 saturated heterocycles. The normalized spacial score (nSPS) is 13.1. The van der Waals surface area contributed by atoms with Crippen LogP contribution in [0, 0.1) is 5.41 Å². The van der Waals surface area contributed by atoms with Crippen LogP contribution in [0.2, 0.25) is 0 Å². The van der Waals surface area contributed by atoms with Gasteiger partial charge in [0.25, 0.3) is 0 Å². The fourth-order valence-electron chi connectivity index (χ4n) is 3.41. The molecular weight excluding hydrogens is 816 g/mol. The van der Waals surface area contributed by atoms with Crippen molar-refractivity contribution in [1.82, 2.24) is 0 Å². The molecule has 12 nitrogen and oxygen atoms in total. The molecule has 0 fully saturated rings. The Balaban J connectivity index is 7.14. The van der Waals surface area contributed by atoms with Gasteiger partial charge in [-0.1, -0.05) is 26.3 Å². The third kappa shape index (κ3) is 18.3. The van der Waals surface area contributed by atoms with Crippen molar-refractivity contribution in [3.05, 3.63) is 48.6 Å². The van der Waals surface area contributed by atoms with Gasteiger partial charge in [-0.15, -0.1) is 0 Å². The minimum Gasteiger partial charge on any atom is -0.462 e. The summed E-state index contributed by atoms with van der Waals surface area (Å²) in [5.41, 5.74) is -7.05. The summed E-state index contributed by atoms with van der Waals surface area (Å²) in [5.74, 6) is -14.6. The van der Waals surface area contributed by atoms with E-state index in [1.807, 2.05) is 0 Å². The van der Waals surface area contributed by atoms with Gasteiger partial charge >= 0.3 is 60.2 Å². The van der Waals surface area contributed by atoms with Crippen molar-refractivity contribution in [3.8, 4) is 0 Å². The van der Waals surface area contributed by atoms with Crippen LogP contribution in [0.15, 0.2) is 48.6 Å². The van der Waals surface area contributed by atoms with Gasteiger partial charge in [-0.25, -0.2) is 36.7 Å². The summed E-state index contributed by atoms with van der Waals surface area (Å²) in [6.45, 7) is -0.793. The van der Waals surface area contributed by atoms with Crippen molar-refractivity contribution in [2.45, 2.75) is 76.8 Å². The molecule has 0 atom stereocenters. The van der Waals surface area contributed by atoms with Gasteiger partial charge in [-0.05, 0) is 27.7 Å². The van der Waals surface area contributed by atoms with Crippen LogP contribution in [-0.4, -0.2) is 113 Å². The van der Waals surface area contributed by atoms with Crippen molar-refractivity contribution in [3.63, 3.8) is 0 Å². The Labute approximate surface area is 317 Å². The quantitative estimate of drug-likeness (QED) is 0.0349. The zero-order valence-corrected chi connectivity index (χ0v) is 30.8. The van der Waals surface area contributed by atoms with E-state index in [-0.39, 0.29) is 11.1 Å². The summed E-state index contributed by atoms with van der Waals surface area (Å²) in [4.78, 5) is 46.1. The van der Waals surface area contributed by atoms with E-state index >= 15 is 17.6 Å². The number of alkyl halides is 12.